The lowest BCUT2D eigenvalue weighted by molar-refractivity contribution is -0.124. The number of aromatic nitrogens is 2. The Bertz CT molecular complexity index is 735. The SMILES string of the molecule is CN(C)C(=O)C(=O)c1ccccc1Nc1nc(Cl)ncc1Cl. The average molecular weight is 339 g/mol. The lowest BCUT2D eigenvalue weighted by atomic mass is 10.1. The van der Waals surface area contributed by atoms with Crippen molar-refractivity contribution in [2.75, 3.05) is 19.4 Å². The molecule has 0 saturated heterocycles. The van der Waals surface area contributed by atoms with Gasteiger partial charge in [-0.1, -0.05) is 23.7 Å². The van der Waals surface area contributed by atoms with Crippen molar-refractivity contribution in [2.24, 2.45) is 0 Å². The Hall–Kier alpha value is -2.18. The first kappa shape index (κ1) is 16.2. The summed E-state index contributed by atoms with van der Waals surface area (Å²) in [7, 11) is 3.02. The molecule has 1 N–H and O–H groups in total. The minimum absolute atomic E-state index is 0.0140. The van der Waals surface area contributed by atoms with Crippen molar-refractivity contribution in [2.45, 2.75) is 0 Å². The molecule has 0 atom stereocenters. The molecule has 0 aliphatic carbocycles. The molecule has 1 aromatic heterocycles. The molecule has 0 radical (unpaired) electrons. The van der Waals surface area contributed by atoms with E-state index in [1.807, 2.05) is 0 Å². The number of carbonyl (C=O) groups is 2. The van der Waals surface area contributed by atoms with Gasteiger partial charge in [0, 0.05) is 14.1 Å². The van der Waals surface area contributed by atoms with E-state index >= 15 is 0 Å². The van der Waals surface area contributed by atoms with Crippen LogP contribution in [0.2, 0.25) is 10.3 Å². The minimum Gasteiger partial charge on any atom is -0.342 e. The lowest BCUT2D eigenvalue weighted by Crippen LogP contribution is -2.30. The smallest absolute Gasteiger partial charge is 0.294 e. The lowest BCUT2D eigenvalue weighted by Gasteiger charge is -2.13. The molecule has 0 spiro atoms. The number of nitrogens with one attached hydrogen (secondary N) is 1. The van der Waals surface area contributed by atoms with Crippen LogP contribution in [0.15, 0.2) is 30.5 Å². The highest BCUT2D eigenvalue weighted by Crippen LogP contribution is 2.26. The van der Waals surface area contributed by atoms with Gasteiger partial charge < -0.3 is 10.2 Å². The number of rotatable bonds is 4. The van der Waals surface area contributed by atoms with Crippen LogP contribution in [0.1, 0.15) is 10.4 Å². The van der Waals surface area contributed by atoms with Gasteiger partial charge in [-0.3, -0.25) is 9.59 Å². The quantitative estimate of drug-likeness (QED) is 0.527. The first-order valence-corrected chi connectivity index (χ1v) is 6.96. The fourth-order valence-corrected chi connectivity index (χ4v) is 1.94. The molecule has 0 fully saturated rings. The number of nitrogens with zero attached hydrogens (tertiary/aromatic N) is 3. The van der Waals surface area contributed by atoms with Crippen LogP contribution in [0.3, 0.4) is 0 Å². The molecule has 114 valence electrons. The van der Waals surface area contributed by atoms with Crippen LogP contribution in [-0.4, -0.2) is 40.7 Å². The van der Waals surface area contributed by atoms with Gasteiger partial charge in [-0.05, 0) is 23.7 Å². The third-order valence-corrected chi connectivity index (χ3v) is 3.20. The molecule has 0 unspecified atom stereocenters. The van der Waals surface area contributed by atoms with E-state index in [1.54, 1.807) is 24.3 Å². The summed E-state index contributed by atoms with van der Waals surface area (Å²) < 4.78 is 0. The zero-order valence-corrected chi connectivity index (χ0v) is 13.3. The maximum Gasteiger partial charge on any atom is 0.294 e. The summed E-state index contributed by atoms with van der Waals surface area (Å²) in [5.74, 6) is -1.01. The Morgan fingerprint density at radius 3 is 2.55 bits per heavy atom. The number of Topliss-reactive ketones (excluding diaryl/α,β-unsaturated/α-hetero) is 1. The largest absolute Gasteiger partial charge is 0.342 e. The summed E-state index contributed by atoms with van der Waals surface area (Å²) in [5.41, 5.74) is 0.617. The standard InChI is InChI=1S/C14H12Cl2N4O2/c1-20(2)13(22)11(21)8-5-3-4-6-10(8)18-12-9(15)7-17-14(16)19-12/h3-7H,1-2H3,(H,17,18,19). The van der Waals surface area contributed by atoms with Gasteiger partial charge in [0.25, 0.3) is 11.7 Å². The maximum absolute atomic E-state index is 12.2. The monoisotopic (exact) mass is 338 g/mol. The van der Waals surface area contributed by atoms with Gasteiger partial charge >= 0.3 is 0 Å². The van der Waals surface area contributed by atoms with Gasteiger partial charge in [-0.2, -0.15) is 4.98 Å². The normalized spacial score (nSPS) is 10.2. The molecule has 1 aromatic carbocycles. The van der Waals surface area contributed by atoms with E-state index in [1.165, 1.54) is 25.2 Å². The third-order valence-electron chi connectivity index (χ3n) is 2.74. The number of amides is 1. The maximum atomic E-state index is 12.2. The van der Waals surface area contributed by atoms with Crippen LogP contribution in [0.4, 0.5) is 11.5 Å². The van der Waals surface area contributed by atoms with Gasteiger partial charge in [0.05, 0.1) is 17.4 Å². The Morgan fingerprint density at radius 2 is 1.86 bits per heavy atom. The summed E-state index contributed by atoms with van der Waals surface area (Å²) in [6.45, 7) is 0. The van der Waals surface area contributed by atoms with Crippen LogP contribution in [0.5, 0.6) is 0 Å². The average Bonchev–Trinajstić information content (AvgIpc) is 2.50. The number of ketones is 1. The molecule has 0 aliphatic rings. The highest BCUT2D eigenvalue weighted by molar-refractivity contribution is 6.43. The number of hydrogen-bond donors (Lipinski definition) is 1. The van der Waals surface area contributed by atoms with Crippen LogP contribution in [0, 0.1) is 0 Å². The summed E-state index contributed by atoms with van der Waals surface area (Å²) in [6, 6.07) is 6.57. The summed E-state index contributed by atoms with van der Waals surface area (Å²) in [4.78, 5) is 33.0. The first-order valence-electron chi connectivity index (χ1n) is 6.20. The van der Waals surface area contributed by atoms with Crippen molar-refractivity contribution >= 4 is 46.4 Å². The fraction of sp³-hybridized carbons (Fsp3) is 0.143. The number of likely N-dealkylation sites (N-methyl/N-ethyl adjacent to an activating group) is 1. The van der Waals surface area contributed by atoms with Crippen molar-refractivity contribution < 1.29 is 9.59 Å². The molecular formula is C14H12Cl2N4O2. The van der Waals surface area contributed by atoms with Gasteiger partial charge in [0.2, 0.25) is 5.28 Å². The molecule has 0 bridgehead atoms. The van der Waals surface area contributed by atoms with E-state index < -0.39 is 11.7 Å². The van der Waals surface area contributed by atoms with E-state index in [9.17, 15) is 9.59 Å². The number of anilines is 2. The molecule has 6 nitrogen and oxygen atoms in total. The zero-order chi connectivity index (χ0) is 16.3. The highest BCUT2D eigenvalue weighted by Gasteiger charge is 2.21. The second-order valence-corrected chi connectivity index (χ2v) is 5.28. The van der Waals surface area contributed by atoms with E-state index in [4.69, 9.17) is 23.2 Å². The minimum atomic E-state index is -0.635. The van der Waals surface area contributed by atoms with Gasteiger partial charge in [-0.25, -0.2) is 4.98 Å². The number of para-hydroxylation sites is 1. The van der Waals surface area contributed by atoms with Crippen molar-refractivity contribution in [1.29, 1.82) is 0 Å². The van der Waals surface area contributed by atoms with Gasteiger partial charge in [0.15, 0.2) is 5.82 Å². The Balaban J connectivity index is 2.39. The molecule has 1 heterocycles. The van der Waals surface area contributed by atoms with E-state index in [2.05, 4.69) is 15.3 Å². The van der Waals surface area contributed by atoms with Crippen LogP contribution in [-0.2, 0) is 4.79 Å². The van der Waals surface area contributed by atoms with Crippen molar-refractivity contribution in [3.05, 3.63) is 46.3 Å². The molecule has 8 heteroatoms. The predicted molar refractivity (Wildman–Crippen MR) is 84.8 cm³/mol. The first-order chi connectivity index (χ1) is 10.4. The molecular weight excluding hydrogens is 327 g/mol. The van der Waals surface area contributed by atoms with Gasteiger partial charge in [-0.15, -0.1) is 0 Å². The second kappa shape index (κ2) is 6.72. The van der Waals surface area contributed by atoms with E-state index in [0.29, 0.717) is 5.69 Å². The Kier molecular flexibility index (Phi) is 4.95. The third kappa shape index (κ3) is 3.52. The Morgan fingerprint density at radius 1 is 1.18 bits per heavy atom. The molecule has 0 saturated carbocycles. The van der Waals surface area contributed by atoms with Crippen molar-refractivity contribution in [3.8, 4) is 0 Å². The predicted octanol–water partition coefficient (Wildman–Crippen LogP) is 2.80. The van der Waals surface area contributed by atoms with Crippen LogP contribution >= 0.6 is 23.2 Å². The van der Waals surface area contributed by atoms with Crippen LogP contribution < -0.4 is 5.32 Å². The van der Waals surface area contributed by atoms with E-state index in [-0.39, 0.29) is 21.7 Å². The van der Waals surface area contributed by atoms with Crippen molar-refractivity contribution in [3.63, 3.8) is 0 Å². The molecule has 2 rings (SSSR count). The molecule has 22 heavy (non-hydrogen) atoms. The van der Waals surface area contributed by atoms with Crippen molar-refractivity contribution in [1.82, 2.24) is 14.9 Å². The topological polar surface area (TPSA) is 75.2 Å². The number of carbonyl (C=O) groups excluding carboxylic acids is 2. The molecule has 0 aliphatic heterocycles. The highest BCUT2D eigenvalue weighted by atomic mass is 35.5. The van der Waals surface area contributed by atoms with E-state index in [0.717, 1.165) is 0 Å². The molecule has 1 amide bonds. The molecule has 2 aromatic rings. The van der Waals surface area contributed by atoms with Crippen LogP contribution in [0.25, 0.3) is 0 Å². The van der Waals surface area contributed by atoms with Gasteiger partial charge in [0.1, 0.15) is 5.02 Å². The fourth-order valence-electron chi connectivity index (χ4n) is 1.67. The summed E-state index contributed by atoms with van der Waals surface area (Å²) in [6.07, 6.45) is 1.34. The second-order valence-electron chi connectivity index (χ2n) is 4.53. The Labute approximate surface area is 137 Å². The summed E-state index contributed by atoms with van der Waals surface area (Å²) in [5, 5.41) is 3.15. The summed E-state index contributed by atoms with van der Waals surface area (Å²) >= 11 is 11.7. The number of benzene rings is 1. The number of halogens is 2. The zero-order valence-electron chi connectivity index (χ0n) is 11.8. The number of hydrogen-bond acceptors (Lipinski definition) is 5.